The quantitative estimate of drug-likeness (QED) is 0.461. The van der Waals surface area contributed by atoms with Crippen LogP contribution in [0.15, 0.2) is 53.7 Å². The minimum Gasteiger partial charge on any atom is -0.356 e. The summed E-state index contributed by atoms with van der Waals surface area (Å²) >= 11 is 1.63. The number of aryl methyl sites for hydroxylation is 1. The van der Waals surface area contributed by atoms with E-state index in [-0.39, 0.29) is 5.91 Å². The Bertz CT molecular complexity index is 995. The third-order valence-electron chi connectivity index (χ3n) is 4.63. The number of allylic oxidation sites excluding steroid dienone is 1. The average Bonchev–Trinajstić information content (AvgIpc) is 3.25. The van der Waals surface area contributed by atoms with Gasteiger partial charge in [0.1, 0.15) is 5.82 Å². The molecular formula is C24H28N4OS. The lowest BCUT2D eigenvalue weighted by Crippen LogP contribution is -2.28. The molecule has 5 nitrogen and oxygen atoms in total. The Morgan fingerprint density at radius 1 is 1.20 bits per heavy atom. The number of carbonyl (C=O) groups excluding carboxylic acids is 1. The van der Waals surface area contributed by atoms with Gasteiger partial charge in [-0.3, -0.25) is 4.79 Å². The van der Waals surface area contributed by atoms with Gasteiger partial charge in [0.15, 0.2) is 5.82 Å². The van der Waals surface area contributed by atoms with Crippen LogP contribution in [0.1, 0.15) is 30.7 Å². The van der Waals surface area contributed by atoms with Crippen molar-refractivity contribution in [1.29, 1.82) is 0 Å². The summed E-state index contributed by atoms with van der Waals surface area (Å²) in [5, 5.41) is 10.4. The maximum Gasteiger partial charge on any atom is 0.224 e. The van der Waals surface area contributed by atoms with Crippen LogP contribution in [0.4, 0.5) is 11.5 Å². The van der Waals surface area contributed by atoms with E-state index >= 15 is 0 Å². The van der Waals surface area contributed by atoms with Crippen LogP contribution in [-0.4, -0.2) is 22.4 Å². The van der Waals surface area contributed by atoms with Crippen LogP contribution in [0.2, 0.25) is 0 Å². The molecule has 156 valence electrons. The molecule has 30 heavy (non-hydrogen) atoms. The molecule has 0 fully saturated rings. The van der Waals surface area contributed by atoms with Crippen molar-refractivity contribution in [3.63, 3.8) is 0 Å². The molecule has 0 aliphatic heterocycles. The van der Waals surface area contributed by atoms with Gasteiger partial charge in [-0.1, -0.05) is 32.1 Å². The third-order valence-corrected chi connectivity index (χ3v) is 5.31. The molecule has 2 heterocycles. The monoisotopic (exact) mass is 420 g/mol. The van der Waals surface area contributed by atoms with Gasteiger partial charge in [-0.15, -0.1) is 6.58 Å². The number of carbonyl (C=O) groups is 1. The first-order valence-corrected chi connectivity index (χ1v) is 11.0. The number of rotatable bonds is 9. The highest BCUT2D eigenvalue weighted by Gasteiger charge is 2.13. The highest BCUT2D eigenvalue weighted by atomic mass is 32.1. The van der Waals surface area contributed by atoms with E-state index in [0.29, 0.717) is 31.1 Å². The molecule has 1 amide bonds. The Morgan fingerprint density at radius 3 is 2.60 bits per heavy atom. The number of hydrogen-bond acceptors (Lipinski definition) is 5. The van der Waals surface area contributed by atoms with E-state index in [2.05, 4.69) is 36.0 Å². The van der Waals surface area contributed by atoms with E-state index in [4.69, 9.17) is 4.98 Å². The Hall–Kier alpha value is -2.99. The minimum absolute atomic E-state index is 0.0458. The van der Waals surface area contributed by atoms with E-state index in [1.807, 2.05) is 54.1 Å². The molecule has 0 spiro atoms. The lowest BCUT2D eigenvalue weighted by Gasteiger charge is -2.14. The van der Waals surface area contributed by atoms with Crippen LogP contribution in [0.5, 0.6) is 0 Å². The number of benzene rings is 1. The van der Waals surface area contributed by atoms with Crippen molar-refractivity contribution in [2.24, 2.45) is 5.92 Å². The zero-order chi connectivity index (χ0) is 21.5. The van der Waals surface area contributed by atoms with Gasteiger partial charge in [0, 0.05) is 34.4 Å². The molecule has 3 aromatic rings. The molecule has 1 aromatic carbocycles. The number of nitrogens with zero attached hydrogens (tertiary/aromatic N) is 2. The molecule has 2 aromatic heterocycles. The first-order valence-electron chi connectivity index (χ1n) is 10.1. The topological polar surface area (TPSA) is 66.9 Å². The van der Waals surface area contributed by atoms with E-state index < -0.39 is 0 Å². The second kappa shape index (κ2) is 10.2. The maximum atomic E-state index is 12.0. The second-order valence-corrected chi connectivity index (χ2v) is 8.44. The van der Waals surface area contributed by atoms with E-state index in [1.54, 1.807) is 11.3 Å². The summed E-state index contributed by atoms with van der Waals surface area (Å²) in [5.74, 6) is 1.98. The molecule has 0 saturated carbocycles. The standard InChI is InChI=1S/C24H28N4OS/c1-5-6-21-17(4)26-23(19-11-12-30-15-19)28-24(21)27-20-9-7-18(8-10-20)13-22(29)25-14-16(2)3/h5,7-12,15-16H,1,6,13-14H2,2-4H3,(H,25,29)(H,26,27,28). The molecule has 2 N–H and O–H groups in total. The van der Waals surface area contributed by atoms with Crippen LogP contribution < -0.4 is 10.6 Å². The van der Waals surface area contributed by atoms with Crippen molar-refractivity contribution in [2.45, 2.75) is 33.6 Å². The molecule has 0 bridgehead atoms. The smallest absolute Gasteiger partial charge is 0.224 e. The largest absolute Gasteiger partial charge is 0.356 e. The highest BCUT2D eigenvalue weighted by molar-refractivity contribution is 7.08. The van der Waals surface area contributed by atoms with Crippen molar-refractivity contribution >= 4 is 28.7 Å². The molecule has 0 radical (unpaired) electrons. The Labute approximate surface area is 182 Å². The first-order chi connectivity index (χ1) is 14.5. The summed E-state index contributed by atoms with van der Waals surface area (Å²) in [5.41, 5.74) is 4.87. The summed E-state index contributed by atoms with van der Waals surface area (Å²) in [4.78, 5) is 21.5. The number of thiophene rings is 1. The number of anilines is 2. The summed E-state index contributed by atoms with van der Waals surface area (Å²) in [7, 11) is 0. The summed E-state index contributed by atoms with van der Waals surface area (Å²) in [6, 6.07) is 9.92. The van der Waals surface area contributed by atoms with Crippen LogP contribution in [0.25, 0.3) is 11.4 Å². The normalized spacial score (nSPS) is 10.8. The number of aromatic nitrogens is 2. The Morgan fingerprint density at radius 2 is 1.97 bits per heavy atom. The fourth-order valence-corrected chi connectivity index (χ4v) is 3.65. The Balaban J connectivity index is 1.78. The van der Waals surface area contributed by atoms with Gasteiger partial charge in [-0.2, -0.15) is 11.3 Å². The molecule has 0 saturated heterocycles. The third kappa shape index (κ3) is 5.76. The molecule has 0 aliphatic carbocycles. The summed E-state index contributed by atoms with van der Waals surface area (Å²) in [6.45, 7) is 10.7. The summed E-state index contributed by atoms with van der Waals surface area (Å²) in [6.07, 6.45) is 2.93. The number of hydrogen-bond donors (Lipinski definition) is 2. The van der Waals surface area contributed by atoms with Gasteiger partial charge in [0.05, 0.1) is 6.42 Å². The summed E-state index contributed by atoms with van der Waals surface area (Å²) < 4.78 is 0. The minimum atomic E-state index is 0.0458. The van der Waals surface area contributed by atoms with Crippen molar-refractivity contribution in [3.8, 4) is 11.4 Å². The van der Waals surface area contributed by atoms with Crippen molar-refractivity contribution in [1.82, 2.24) is 15.3 Å². The van der Waals surface area contributed by atoms with Gasteiger partial charge in [-0.05, 0) is 48.4 Å². The van der Waals surface area contributed by atoms with Crippen LogP contribution in [0, 0.1) is 12.8 Å². The highest BCUT2D eigenvalue weighted by Crippen LogP contribution is 2.27. The fraction of sp³-hybridized carbons (Fsp3) is 0.292. The predicted molar refractivity (Wildman–Crippen MR) is 125 cm³/mol. The lowest BCUT2D eigenvalue weighted by molar-refractivity contribution is -0.120. The van der Waals surface area contributed by atoms with E-state index in [0.717, 1.165) is 33.9 Å². The van der Waals surface area contributed by atoms with Gasteiger partial charge in [-0.25, -0.2) is 9.97 Å². The van der Waals surface area contributed by atoms with E-state index in [9.17, 15) is 4.79 Å². The maximum absolute atomic E-state index is 12.0. The van der Waals surface area contributed by atoms with Gasteiger partial charge < -0.3 is 10.6 Å². The van der Waals surface area contributed by atoms with E-state index in [1.165, 1.54) is 0 Å². The number of amides is 1. The zero-order valence-electron chi connectivity index (χ0n) is 17.7. The van der Waals surface area contributed by atoms with Crippen molar-refractivity contribution in [2.75, 3.05) is 11.9 Å². The predicted octanol–water partition coefficient (Wildman–Crippen LogP) is 5.30. The van der Waals surface area contributed by atoms with Crippen LogP contribution in [-0.2, 0) is 17.6 Å². The zero-order valence-corrected chi connectivity index (χ0v) is 18.6. The number of nitrogens with one attached hydrogen (secondary N) is 2. The first kappa shape index (κ1) is 21.7. The van der Waals surface area contributed by atoms with Gasteiger partial charge in [0.25, 0.3) is 0 Å². The van der Waals surface area contributed by atoms with Gasteiger partial charge >= 0.3 is 0 Å². The molecular weight excluding hydrogens is 392 g/mol. The molecule has 0 aliphatic rings. The Kier molecular flexibility index (Phi) is 7.36. The molecule has 3 rings (SSSR count). The molecule has 6 heteroatoms. The molecule has 0 atom stereocenters. The fourth-order valence-electron chi connectivity index (χ4n) is 3.02. The lowest BCUT2D eigenvalue weighted by atomic mass is 10.1. The van der Waals surface area contributed by atoms with Crippen LogP contribution >= 0.6 is 11.3 Å². The second-order valence-electron chi connectivity index (χ2n) is 7.66. The average molecular weight is 421 g/mol. The van der Waals surface area contributed by atoms with Crippen molar-refractivity contribution in [3.05, 3.63) is 70.6 Å². The SMILES string of the molecule is C=CCc1c(C)nc(-c2ccsc2)nc1Nc1ccc(CC(=O)NCC(C)C)cc1. The molecule has 0 unspecified atom stereocenters. The van der Waals surface area contributed by atoms with Crippen LogP contribution in [0.3, 0.4) is 0 Å². The van der Waals surface area contributed by atoms with Crippen molar-refractivity contribution < 1.29 is 4.79 Å². The van der Waals surface area contributed by atoms with Gasteiger partial charge in [0.2, 0.25) is 5.91 Å².